The molecule has 0 atom stereocenters. The molecule has 6 nitrogen and oxygen atoms in total. The smallest absolute Gasteiger partial charge is 0.396 e. The van der Waals surface area contributed by atoms with E-state index in [9.17, 15) is 9.18 Å². The maximum absolute atomic E-state index is 13.7. The van der Waals surface area contributed by atoms with Crippen LogP contribution in [0.3, 0.4) is 0 Å². The average Bonchev–Trinajstić information content (AvgIpc) is 2.95. The highest BCUT2D eigenvalue weighted by atomic mass is 32.2. The van der Waals surface area contributed by atoms with Crippen LogP contribution < -0.4 is 4.74 Å². The van der Waals surface area contributed by atoms with E-state index in [4.69, 9.17) is 13.9 Å². The first-order chi connectivity index (χ1) is 10.1. The number of hydrogen-bond acceptors (Lipinski definition) is 7. The summed E-state index contributed by atoms with van der Waals surface area (Å²) in [5, 5.41) is 7.44. The zero-order chi connectivity index (χ0) is 15.2. The summed E-state index contributed by atoms with van der Waals surface area (Å²) in [6.07, 6.45) is 0. The first-order valence-electron chi connectivity index (χ1n) is 6.10. The number of hydrogen-bond donors (Lipinski definition) is 0. The minimum atomic E-state index is -0.674. The Labute approximate surface area is 124 Å². The van der Waals surface area contributed by atoms with Gasteiger partial charge in [0.05, 0.1) is 13.7 Å². The highest BCUT2D eigenvalue weighted by Gasteiger charge is 2.16. The zero-order valence-corrected chi connectivity index (χ0v) is 12.3. The van der Waals surface area contributed by atoms with E-state index in [1.807, 2.05) is 0 Å². The number of thioether (sulfide) groups is 1. The van der Waals surface area contributed by atoms with E-state index in [1.54, 1.807) is 19.1 Å². The van der Waals surface area contributed by atoms with Crippen molar-refractivity contribution >= 4 is 17.7 Å². The Bertz CT molecular complexity index is 632. The van der Waals surface area contributed by atoms with E-state index >= 15 is 0 Å². The number of halogens is 1. The minimum absolute atomic E-state index is 0.174. The van der Waals surface area contributed by atoms with Crippen molar-refractivity contribution in [1.82, 2.24) is 10.2 Å². The fourth-order valence-corrected chi connectivity index (χ4v) is 2.20. The molecule has 1 aromatic heterocycles. The van der Waals surface area contributed by atoms with Crippen LogP contribution in [0.15, 0.2) is 27.8 Å². The standard InChI is InChI=1S/C13H13FN2O4S/c1-3-19-12(17)11-15-16-13(20-11)21-7-8-4-5-9(18-2)6-10(8)14/h4-6H,3,7H2,1-2H3. The van der Waals surface area contributed by atoms with Gasteiger partial charge in [-0.25, -0.2) is 9.18 Å². The van der Waals surface area contributed by atoms with Crippen molar-refractivity contribution in [2.75, 3.05) is 13.7 Å². The Hall–Kier alpha value is -2.09. The second-order valence-electron chi connectivity index (χ2n) is 3.84. The Morgan fingerprint density at radius 2 is 2.24 bits per heavy atom. The van der Waals surface area contributed by atoms with Gasteiger partial charge in [0, 0.05) is 11.8 Å². The molecule has 0 fully saturated rings. The molecular weight excluding hydrogens is 299 g/mol. The zero-order valence-electron chi connectivity index (χ0n) is 11.5. The van der Waals surface area contributed by atoms with E-state index in [2.05, 4.69) is 10.2 Å². The molecule has 0 saturated carbocycles. The van der Waals surface area contributed by atoms with Gasteiger partial charge in [0.1, 0.15) is 11.6 Å². The van der Waals surface area contributed by atoms with Crippen molar-refractivity contribution in [1.29, 1.82) is 0 Å². The van der Waals surface area contributed by atoms with Crippen LogP contribution in [0.5, 0.6) is 5.75 Å². The van der Waals surface area contributed by atoms with Crippen molar-refractivity contribution in [3.8, 4) is 5.75 Å². The van der Waals surface area contributed by atoms with Gasteiger partial charge < -0.3 is 13.9 Å². The van der Waals surface area contributed by atoms with Gasteiger partial charge in [-0.1, -0.05) is 22.9 Å². The SMILES string of the molecule is CCOC(=O)c1nnc(SCc2ccc(OC)cc2F)o1. The monoisotopic (exact) mass is 312 g/mol. The lowest BCUT2D eigenvalue weighted by atomic mass is 10.2. The Morgan fingerprint density at radius 1 is 1.43 bits per heavy atom. The number of carbonyl (C=O) groups is 1. The van der Waals surface area contributed by atoms with Crippen molar-refractivity contribution < 1.29 is 23.1 Å². The van der Waals surface area contributed by atoms with Gasteiger partial charge in [-0.2, -0.15) is 0 Å². The predicted octanol–water partition coefficient (Wildman–Crippen LogP) is 2.69. The normalized spacial score (nSPS) is 10.4. The molecule has 1 heterocycles. The third-order valence-corrected chi connectivity index (χ3v) is 3.34. The topological polar surface area (TPSA) is 74.5 Å². The number of esters is 1. The lowest BCUT2D eigenvalue weighted by Gasteiger charge is -2.03. The Kier molecular flexibility index (Phi) is 5.15. The van der Waals surface area contributed by atoms with Crippen LogP contribution >= 0.6 is 11.8 Å². The Balaban J connectivity index is 1.98. The van der Waals surface area contributed by atoms with Gasteiger partial charge >= 0.3 is 11.9 Å². The van der Waals surface area contributed by atoms with E-state index < -0.39 is 5.97 Å². The van der Waals surface area contributed by atoms with Crippen molar-refractivity contribution in [2.45, 2.75) is 17.9 Å². The molecular formula is C13H13FN2O4S. The number of ether oxygens (including phenoxy) is 2. The lowest BCUT2D eigenvalue weighted by molar-refractivity contribution is 0.0475. The molecule has 2 aromatic rings. The quantitative estimate of drug-likeness (QED) is 0.599. The molecule has 0 spiro atoms. The molecule has 0 unspecified atom stereocenters. The van der Waals surface area contributed by atoms with Crippen LogP contribution in [0.1, 0.15) is 23.2 Å². The molecule has 21 heavy (non-hydrogen) atoms. The molecule has 1 aromatic carbocycles. The van der Waals surface area contributed by atoms with Crippen molar-refractivity contribution in [2.24, 2.45) is 0 Å². The first-order valence-corrected chi connectivity index (χ1v) is 7.08. The van der Waals surface area contributed by atoms with Gasteiger partial charge in [0.2, 0.25) is 0 Å². The van der Waals surface area contributed by atoms with E-state index in [0.717, 1.165) is 11.8 Å². The molecule has 112 valence electrons. The van der Waals surface area contributed by atoms with Crippen LogP contribution in [-0.4, -0.2) is 29.9 Å². The summed E-state index contributed by atoms with van der Waals surface area (Å²) in [5.41, 5.74) is 0.469. The molecule has 0 aliphatic heterocycles. The summed E-state index contributed by atoms with van der Waals surface area (Å²) in [7, 11) is 1.47. The average molecular weight is 312 g/mol. The van der Waals surface area contributed by atoms with Crippen LogP contribution in [0.2, 0.25) is 0 Å². The van der Waals surface area contributed by atoms with Gasteiger partial charge in [-0.3, -0.25) is 0 Å². The maximum atomic E-state index is 13.7. The van der Waals surface area contributed by atoms with Gasteiger partial charge in [0.25, 0.3) is 5.22 Å². The molecule has 0 N–H and O–H groups in total. The number of rotatable bonds is 6. The molecule has 0 amide bonds. The Morgan fingerprint density at radius 3 is 2.90 bits per heavy atom. The first kappa shape index (κ1) is 15.3. The van der Waals surface area contributed by atoms with E-state index in [1.165, 1.54) is 13.2 Å². The molecule has 0 radical (unpaired) electrons. The van der Waals surface area contributed by atoms with E-state index in [0.29, 0.717) is 17.1 Å². The van der Waals surface area contributed by atoms with Crippen LogP contribution in [0.4, 0.5) is 4.39 Å². The highest BCUT2D eigenvalue weighted by molar-refractivity contribution is 7.98. The summed E-state index contributed by atoms with van der Waals surface area (Å²) < 4.78 is 28.5. The number of nitrogens with zero attached hydrogens (tertiary/aromatic N) is 2. The summed E-state index contributed by atoms with van der Waals surface area (Å²) in [6, 6.07) is 4.58. The lowest BCUT2D eigenvalue weighted by Crippen LogP contribution is -2.04. The van der Waals surface area contributed by atoms with Crippen LogP contribution in [0, 0.1) is 5.82 Å². The second kappa shape index (κ2) is 7.07. The third-order valence-electron chi connectivity index (χ3n) is 2.47. The molecule has 2 rings (SSSR count). The maximum Gasteiger partial charge on any atom is 0.396 e. The number of methoxy groups -OCH3 is 1. The van der Waals surface area contributed by atoms with Crippen molar-refractivity contribution in [3.05, 3.63) is 35.5 Å². The molecule has 8 heteroatoms. The number of benzene rings is 1. The summed E-state index contributed by atoms with van der Waals surface area (Å²) in [6.45, 7) is 1.90. The van der Waals surface area contributed by atoms with Crippen LogP contribution in [-0.2, 0) is 10.5 Å². The number of carbonyl (C=O) groups excluding carboxylic acids is 1. The van der Waals surface area contributed by atoms with Gasteiger partial charge in [-0.15, -0.1) is 5.10 Å². The summed E-state index contributed by atoms with van der Waals surface area (Å²) in [5.74, 6) is -0.530. The molecule has 0 bridgehead atoms. The fraction of sp³-hybridized carbons (Fsp3) is 0.308. The fourth-order valence-electron chi connectivity index (χ4n) is 1.45. The summed E-state index contributed by atoms with van der Waals surface area (Å²) in [4.78, 5) is 11.4. The summed E-state index contributed by atoms with van der Waals surface area (Å²) >= 11 is 1.13. The molecule has 0 aliphatic carbocycles. The third kappa shape index (κ3) is 3.94. The molecule has 0 saturated heterocycles. The minimum Gasteiger partial charge on any atom is -0.497 e. The largest absolute Gasteiger partial charge is 0.497 e. The van der Waals surface area contributed by atoms with E-state index in [-0.39, 0.29) is 23.5 Å². The van der Waals surface area contributed by atoms with Crippen molar-refractivity contribution in [3.63, 3.8) is 0 Å². The van der Waals surface area contributed by atoms with Gasteiger partial charge in [-0.05, 0) is 18.6 Å². The second-order valence-corrected chi connectivity index (χ2v) is 4.77. The predicted molar refractivity (Wildman–Crippen MR) is 72.8 cm³/mol. The van der Waals surface area contributed by atoms with Crippen LogP contribution in [0.25, 0.3) is 0 Å². The molecule has 0 aliphatic rings. The highest BCUT2D eigenvalue weighted by Crippen LogP contribution is 2.25. The number of aromatic nitrogens is 2. The van der Waals surface area contributed by atoms with Gasteiger partial charge in [0.15, 0.2) is 0 Å².